The molecular weight excluding hydrogens is 464 g/mol. The Morgan fingerprint density at radius 1 is 1.15 bits per heavy atom. The fraction of sp³-hybridized carbons (Fsp3) is 0.238. The Hall–Kier alpha value is -3.47. The van der Waals surface area contributed by atoms with Crippen LogP contribution in [0, 0.1) is 12.7 Å². The smallest absolute Gasteiger partial charge is 0.351 e. The van der Waals surface area contributed by atoms with Crippen LogP contribution in [0.4, 0.5) is 17.6 Å². The number of rotatable bonds is 6. The molecule has 1 aromatic carbocycles. The van der Waals surface area contributed by atoms with Gasteiger partial charge in [-0.15, -0.1) is 0 Å². The molecule has 0 saturated carbocycles. The number of halogens is 5. The quantitative estimate of drug-likeness (QED) is 0.325. The molecule has 0 unspecified atom stereocenters. The van der Waals surface area contributed by atoms with Crippen LogP contribution in [0.15, 0.2) is 42.6 Å². The minimum Gasteiger partial charge on any atom is -0.351 e. The van der Waals surface area contributed by atoms with Crippen LogP contribution in [0.1, 0.15) is 28.3 Å². The molecule has 1 N–H and O–H groups in total. The molecule has 0 bridgehead atoms. The maximum Gasteiger partial charge on any atom is 0.433 e. The lowest BCUT2D eigenvalue weighted by Gasteiger charge is -2.11. The topological polar surface area (TPSA) is 77.1 Å². The maximum atomic E-state index is 13.7. The number of aryl methyl sites for hydroxylation is 2. The van der Waals surface area contributed by atoms with Crippen LogP contribution in [0.5, 0.6) is 0 Å². The molecule has 3 aromatic heterocycles. The molecule has 0 saturated heterocycles. The van der Waals surface area contributed by atoms with Crippen LogP contribution in [-0.2, 0) is 12.7 Å². The normalized spacial score (nSPS) is 11.8. The summed E-state index contributed by atoms with van der Waals surface area (Å²) >= 11 is 5.95. The summed E-state index contributed by atoms with van der Waals surface area (Å²) in [5.74, 6) is -1.16. The number of hydrogen-bond acceptors (Lipinski definition) is 4. The highest BCUT2D eigenvalue weighted by Gasteiger charge is 2.35. The van der Waals surface area contributed by atoms with Crippen molar-refractivity contribution in [1.29, 1.82) is 0 Å². The van der Waals surface area contributed by atoms with Crippen molar-refractivity contribution in [2.75, 3.05) is 6.54 Å². The zero-order valence-corrected chi connectivity index (χ0v) is 18.0. The van der Waals surface area contributed by atoms with Crippen molar-refractivity contribution in [1.82, 2.24) is 29.7 Å². The number of benzene rings is 1. The SMILES string of the molecule is Cc1nn(CCCNC(=O)c2cc3nc(-c4ccc(F)cc4)cc(C(F)(F)F)n3n2)cc1Cl. The van der Waals surface area contributed by atoms with Crippen LogP contribution in [-0.4, -0.2) is 36.8 Å². The van der Waals surface area contributed by atoms with Crippen molar-refractivity contribution in [3.8, 4) is 11.3 Å². The van der Waals surface area contributed by atoms with E-state index in [1.54, 1.807) is 17.8 Å². The summed E-state index contributed by atoms with van der Waals surface area (Å²) in [5.41, 5.74) is -0.492. The van der Waals surface area contributed by atoms with Gasteiger partial charge in [0.1, 0.15) is 5.82 Å². The Labute approximate surface area is 190 Å². The zero-order chi connectivity index (χ0) is 23.8. The number of hydrogen-bond donors (Lipinski definition) is 1. The first-order valence-corrected chi connectivity index (χ1v) is 10.2. The van der Waals surface area contributed by atoms with Gasteiger partial charge in [-0.1, -0.05) is 11.6 Å². The Kier molecular flexibility index (Phi) is 6.07. The van der Waals surface area contributed by atoms with Gasteiger partial charge in [0.05, 0.1) is 16.4 Å². The van der Waals surface area contributed by atoms with Crippen LogP contribution >= 0.6 is 11.6 Å². The predicted octanol–water partition coefficient (Wildman–Crippen LogP) is 4.53. The second-order valence-corrected chi connectivity index (χ2v) is 7.67. The molecule has 4 aromatic rings. The summed E-state index contributed by atoms with van der Waals surface area (Å²) in [4.78, 5) is 16.6. The second-order valence-electron chi connectivity index (χ2n) is 7.27. The third-order valence-electron chi connectivity index (χ3n) is 4.83. The number of nitrogens with one attached hydrogen (secondary N) is 1. The Morgan fingerprint density at radius 2 is 1.88 bits per heavy atom. The highest BCUT2D eigenvalue weighted by atomic mass is 35.5. The largest absolute Gasteiger partial charge is 0.433 e. The summed E-state index contributed by atoms with van der Waals surface area (Å²) in [6.07, 6.45) is -2.56. The van der Waals surface area contributed by atoms with E-state index in [-0.39, 0.29) is 23.6 Å². The minimum absolute atomic E-state index is 0.0186. The lowest BCUT2D eigenvalue weighted by atomic mass is 10.1. The number of aromatic nitrogens is 5. The van der Waals surface area contributed by atoms with Gasteiger partial charge in [-0.3, -0.25) is 9.48 Å². The van der Waals surface area contributed by atoms with Crippen LogP contribution in [0.25, 0.3) is 16.9 Å². The fourth-order valence-corrected chi connectivity index (χ4v) is 3.35. The summed E-state index contributed by atoms with van der Waals surface area (Å²) in [7, 11) is 0. The van der Waals surface area contributed by atoms with Gasteiger partial charge in [-0.25, -0.2) is 13.9 Å². The molecule has 7 nitrogen and oxygen atoms in total. The van der Waals surface area contributed by atoms with E-state index in [2.05, 4.69) is 20.5 Å². The number of carbonyl (C=O) groups is 1. The van der Waals surface area contributed by atoms with Crippen molar-refractivity contribution in [2.24, 2.45) is 0 Å². The van der Waals surface area contributed by atoms with E-state index in [4.69, 9.17) is 11.6 Å². The van der Waals surface area contributed by atoms with Crippen LogP contribution in [0.3, 0.4) is 0 Å². The summed E-state index contributed by atoms with van der Waals surface area (Å²) in [6, 6.07) is 6.89. The lowest BCUT2D eigenvalue weighted by molar-refractivity contribution is -0.142. The van der Waals surface area contributed by atoms with Crippen molar-refractivity contribution < 1.29 is 22.4 Å². The molecule has 0 aliphatic carbocycles. The van der Waals surface area contributed by atoms with Crippen molar-refractivity contribution in [3.05, 3.63) is 70.5 Å². The highest BCUT2D eigenvalue weighted by molar-refractivity contribution is 6.31. The molecule has 0 fully saturated rings. The number of fused-ring (bicyclic) bond motifs is 1. The third kappa shape index (κ3) is 4.98. The molecule has 0 radical (unpaired) electrons. The van der Waals surface area contributed by atoms with Gasteiger partial charge in [0, 0.05) is 30.9 Å². The lowest BCUT2D eigenvalue weighted by Crippen LogP contribution is -2.26. The predicted molar refractivity (Wildman–Crippen MR) is 112 cm³/mol. The first kappa shape index (κ1) is 22.7. The molecule has 3 heterocycles. The second kappa shape index (κ2) is 8.81. The number of alkyl halides is 3. The van der Waals surface area contributed by atoms with E-state index in [0.717, 1.165) is 18.2 Å². The van der Waals surface area contributed by atoms with Gasteiger partial charge in [0.15, 0.2) is 17.0 Å². The van der Waals surface area contributed by atoms with Gasteiger partial charge in [-0.2, -0.15) is 23.4 Å². The highest BCUT2D eigenvalue weighted by Crippen LogP contribution is 2.32. The first-order valence-electron chi connectivity index (χ1n) is 9.83. The molecule has 0 aliphatic heterocycles. The molecule has 0 atom stereocenters. The maximum absolute atomic E-state index is 13.7. The van der Waals surface area contributed by atoms with Crippen LogP contribution in [0.2, 0.25) is 5.02 Å². The standard InChI is InChI=1S/C21H17ClF4N6O/c1-12-15(22)11-31(29-12)8-2-7-27-20(33)17-10-19-28-16(13-3-5-14(23)6-4-13)9-18(21(24,25)26)32(19)30-17/h3-6,9-11H,2,7-8H2,1H3,(H,27,33). The summed E-state index contributed by atoms with van der Waals surface area (Å²) < 4.78 is 56.4. The van der Waals surface area contributed by atoms with Crippen LogP contribution < -0.4 is 5.32 Å². The average Bonchev–Trinajstić information content (AvgIpc) is 3.33. The summed E-state index contributed by atoms with van der Waals surface area (Å²) in [6.45, 7) is 2.53. The fourth-order valence-electron chi connectivity index (χ4n) is 3.20. The van der Waals surface area contributed by atoms with Gasteiger partial charge in [0.2, 0.25) is 0 Å². The summed E-state index contributed by atoms with van der Waals surface area (Å²) in [5, 5.41) is 11.2. The Balaban J connectivity index is 1.54. The van der Waals surface area contributed by atoms with E-state index in [1.807, 2.05) is 0 Å². The zero-order valence-electron chi connectivity index (χ0n) is 17.2. The van der Waals surface area contributed by atoms with Gasteiger partial charge < -0.3 is 5.32 Å². The molecule has 4 rings (SSSR count). The van der Waals surface area contributed by atoms with Crippen molar-refractivity contribution in [2.45, 2.75) is 26.1 Å². The Bertz CT molecular complexity index is 1290. The molecule has 0 aliphatic rings. The molecular formula is C21H17ClF4N6O. The van der Waals surface area contributed by atoms with E-state index >= 15 is 0 Å². The van der Waals surface area contributed by atoms with Crippen molar-refractivity contribution in [3.63, 3.8) is 0 Å². The van der Waals surface area contributed by atoms with Crippen molar-refractivity contribution >= 4 is 23.2 Å². The average molecular weight is 481 g/mol. The molecule has 0 spiro atoms. The third-order valence-corrected chi connectivity index (χ3v) is 5.20. The molecule has 1 amide bonds. The van der Waals surface area contributed by atoms with E-state index in [9.17, 15) is 22.4 Å². The molecule has 33 heavy (non-hydrogen) atoms. The van der Waals surface area contributed by atoms with Gasteiger partial charge in [0.25, 0.3) is 5.91 Å². The molecule has 172 valence electrons. The number of amides is 1. The number of carbonyl (C=O) groups excluding carboxylic acids is 1. The van der Waals surface area contributed by atoms with E-state index < -0.39 is 23.6 Å². The van der Waals surface area contributed by atoms with Gasteiger partial charge in [-0.05, 0) is 43.7 Å². The van der Waals surface area contributed by atoms with E-state index in [0.29, 0.717) is 33.8 Å². The minimum atomic E-state index is -4.75. The monoisotopic (exact) mass is 480 g/mol. The first-order chi connectivity index (χ1) is 15.6. The van der Waals surface area contributed by atoms with E-state index in [1.165, 1.54) is 18.2 Å². The molecule has 12 heteroatoms. The van der Waals surface area contributed by atoms with Gasteiger partial charge >= 0.3 is 6.18 Å². The Morgan fingerprint density at radius 3 is 2.52 bits per heavy atom. The number of nitrogens with zero attached hydrogens (tertiary/aromatic N) is 5.